The molecule has 0 aromatic heterocycles. The van der Waals surface area contributed by atoms with E-state index in [0.717, 1.165) is 19.6 Å². The first kappa shape index (κ1) is 45.7. The van der Waals surface area contributed by atoms with Crippen molar-refractivity contribution in [3.8, 4) is 17.2 Å². The van der Waals surface area contributed by atoms with Crippen LogP contribution in [-0.4, -0.2) is 106 Å². The predicted octanol–water partition coefficient (Wildman–Crippen LogP) is 4.75. The lowest BCUT2D eigenvalue weighted by molar-refractivity contribution is -0.161. The van der Waals surface area contributed by atoms with Gasteiger partial charge in [-0.25, -0.2) is 4.99 Å². The minimum atomic E-state index is -1.94. The first-order chi connectivity index (χ1) is 28.6. The first-order valence-electron chi connectivity index (χ1n) is 21.2. The summed E-state index contributed by atoms with van der Waals surface area (Å²) < 4.78 is 23.9. The highest BCUT2D eigenvalue weighted by atomic mass is 16.7. The minimum absolute atomic E-state index is 0.0566. The van der Waals surface area contributed by atoms with Gasteiger partial charge in [0.1, 0.15) is 34.0 Å². The van der Waals surface area contributed by atoms with Gasteiger partial charge in [-0.3, -0.25) is 19.4 Å². The number of nitrogens with zero attached hydrogens (tertiary/aromatic N) is 3. The Labute approximate surface area is 356 Å². The number of allylic oxidation sites excluding steroid dienone is 2. The van der Waals surface area contributed by atoms with Gasteiger partial charge in [-0.2, -0.15) is 0 Å². The molecule has 1 saturated heterocycles. The fraction of sp³-hybridized carbons (Fsp3) is 0.587. The van der Waals surface area contributed by atoms with E-state index in [1.807, 2.05) is 0 Å². The number of amides is 1. The summed E-state index contributed by atoms with van der Waals surface area (Å²) in [6.45, 7) is 19.6. The number of esters is 1. The van der Waals surface area contributed by atoms with Gasteiger partial charge in [0.2, 0.25) is 0 Å². The average Bonchev–Trinajstić information content (AvgIpc) is 3.71. The van der Waals surface area contributed by atoms with Crippen LogP contribution in [-0.2, 0) is 23.8 Å². The molecule has 9 atom stereocenters. The molecule has 1 amide bonds. The predicted molar refractivity (Wildman–Crippen MR) is 228 cm³/mol. The summed E-state index contributed by atoms with van der Waals surface area (Å²) in [5.41, 5.74) is -0.105. The van der Waals surface area contributed by atoms with E-state index >= 15 is 0 Å². The zero-order chi connectivity index (χ0) is 44.9. The summed E-state index contributed by atoms with van der Waals surface area (Å²) in [7, 11) is 1.46. The van der Waals surface area contributed by atoms with Crippen LogP contribution in [0.5, 0.6) is 17.2 Å². The molecule has 4 heterocycles. The van der Waals surface area contributed by atoms with Gasteiger partial charge >= 0.3 is 11.8 Å². The number of ether oxygens (including phenoxy) is 4. The van der Waals surface area contributed by atoms with Crippen LogP contribution in [0.4, 0.5) is 5.69 Å². The van der Waals surface area contributed by atoms with Gasteiger partial charge in [-0.15, -0.1) is 0 Å². The summed E-state index contributed by atoms with van der Waals surface area (Å²) in [5, 5.41) is 50.8. The number of nitrogens with one attached hydrogen (secondary N) is 1. The van der Waals surface area contributed by atoms with Crippen molar-refractivity contribution >= 4 is 34.1 Å². The molecular weight excluding hydrogens is 785 g/mol. The van der Waals surface area contributed by atoms with E-state index < -0.39 is 82.9 Å². The van der Waals surface area contributed by atoms with Crippen LogP contribution in [0, 0.1) is 36.5 Å². The summed E-state index contributed by atoms with van der Waals surface area (Å²) in [6, 6.07) is 0. The molecule has 15 nitrogen and oxygen atoms in total. The lowest BCUT2D eigenvalue weighted by atomic mass is 9.78. The Hall–Kier alpha value is -4.83. The van der Waals surface area contributed by atoms with Crippen molar-refractivity contribution in [1.29, 1.82) is 0 Å². The Bertz CT molecular complexity index is 2300. The quantitative estimate of drug-likeness (QED) is 0.208. The molecule has 6 rings (SSSR count). The number of aliphatic hydroxyl groups is 2. The van der Waals surface area contributed by atoms with Crippen molar-refractivity contribution < 1.29 is 53.8 Å². The fourth-order valence-electron chi connectivity index (χ4n) is 9.24. The van der Waals surface area contributed by atoms with Crippen LogP contribution >= 0.6 is 0 Å². The number of fused-ring (bicyclic) bond motifs is 1. The van der Waals surface area contributed by atoms with Gasteiger partial charge in [0.05, 0.1) is 41.2 Å². The van der Waals surface area contributed by atoms with Crippen LogP contribution in [0.1, 0.15) is 91.1 Å². The van der Waals surface area contributed by atoms with Crippen LogP contribution in [0.25, 0.3) is 10.8 Å². The lowest BCUT2D eigenvalue weighted by Gasteiger charge is -2.38. The maximum Gasteiger partial charge on any atom is 0.312 e. The number of hydrogen-bond donors (Lipinski definition) is 5. The second kappa shape index (κ2) is 17.5. The Morgan fingerprint density at radius 3 is 2.26 bits per heavy atom. The van der Waals surface area contributed by atoms with E-state index in [1.54, 1.807) is 59.8 Å². The second-order valence-corrected chi connectivity index (χ2v) is 18.0. The van der Waals surface area contributed by atoms with Gasteiger partial charge in [0, 0.05) is 93.6 Å². The number of phenolic OH excluding ortho intramolecular Hbond substituents is 2. The number of anilines is 1. The molecule has 4 aliphatic heterocycles. The molecule has 0 unspecified atom stereocenters. The maximum atomic E-state index is 14.7. The molecule has 0 aliphatic carbocycles. The number of hydrogen-bond acceptors (Lipinski definition) is 14. The van der Waals surface area contributed by atoms with Crippen molar-refractivity contribution in [1.82, 2.24) is 4.90 Å². The fourth-order valence-corrected chi connectivity index (χ4v) is 9.24. The van der Waals surface area contributed by atoms with E-state index in [4.69, 9.17) is 23.9 Å². The second-order valence-electron chi connectivity index (χ2n) is 18.0. The topological polar surface area (TPSA) is 209 Å². The van der Waals surface area contributed by atoms with Crippen LogP contribution in [0.3, 0.4) is 0 Å². The molecule has 5 N–H and O–H groups in total. The molecular formula is C46H62N4O11. The summed E-state index contributed by atoms with van der Waals surface area (Å²) in [4.78, 5) is 52.8. The number of aliphatic hydroxyl groups excluding tert-OH is 2. The number of rotatable bonds is 4. The molecule has 332 valence electrons. The summed E-state index contributed by atoms with van der Waals surface area (Å²) in [5.74, 6) is -6.57. The Morgan fingerprint density at radius 2 is 1.64 bits per heavy atom. The highest BCUT2D eigenvalue weighted by Crippen LogP contribution is 2.51. The number of Topliss-reactive ketones (excluding diaryl/α,β-unsaturated/α-hetero) is 1. The van der Waals surface area contributed by atoms with E-state index in [2.05, 4.69) is 29.1 Å². The largest absolute Gasteiger partial charge is 0.507 e. The summed E-state index contributed by atoms with van der Waals surface area (Å²) >= 11 is 0. The number of carbonyl (C=O) groups is 3. The minimum Gasteiger partial charge on any atom is -0.507 e. The van der Waals surface area contributed by atoms with Gasteiger partial charge in [0.15, 0.2) is 5.75 Å². The molecule has 0 radical (unpaired) electrons. The molecule has 4 aliphatic rings. The van der Waals surface area contributed by atoms with Crippen molar-refractivity contribution in [3.05, 3.63) is 58.0 Å². The molecule has 2 aromatic rings. The van der Waals surface area contributed by atoms with Crippen molar-refractivity contribution in [2.24, 2.45) is 39.6 Å². The van der Waals surface area contributed by atoms with E-state index in [0.29, 0.717) is 24.4 Å². The number of aromatic hydroxyl groups is 2. The highest BCUT2D eigenvalue weighted by molar-refractivity contribution is 6.21. The summed E-state index contributed by atoms with van der Waals surface area (Å²) in [6.07, 6.45) is 5.06. The van der Waals surface area contributed by atoms with Crippen molar-refractivity contribution in [2.75, 3.05) is 32.1 Å². The SMILES string of the molecule is CO[C@H]1/C=C/O[C@@]2(C)Oc3c(C)c(O)c4c(O)c(c5c(c4c3C2=O)NC2(CCN(CC(C)C)CC2)N=5)=NC(=O)/C(C)=C/C=C/[C@H](C)[C@H](O)[C@@H](C)[C@@H](OC(C)=O)[C@@H](C)[C@H](O)[C@@H]1C. The van der Waals surface area contributed by atoms with Gasteiger partial charge in [-0.05, 0) is 25.8 Å². The van der Waals surface area contributed by atoms with Crippen LogP contribution in [0.15, 0.2) is 46.1 Å². The molecule has 61 heavy (non-hydrogen) atoms. The third-order valence-corrected chi connectivity index (χ3v) is 12.9. The Balaban J connectivity index is 1.55. The number of piperidine rings is 1. The Morgan fingerprint density at radius 1 is 0.984 bits per heavy atom. The number of phenols is 2. The van der Waals surface area contributed by atoms with Crippen LogP contribution < -0.4 is 20.8 Å². The highest BCUT2D eigenvalue weighted by Gasteiger charge is 2.51. The zero-order valence-corrected chi connectivity index (χ0v) is 37.1. The third-order valence-electron chi connectivity index (χ3n) is 12.9. The smallest absolute Gasteiger partial charge is 0.312 e. The monoisotopic (exact) mass is 846 g/mol. The third kappa shape index (κ3) is 8.54. The number of carbonyl (C=O) groups excluding carboxylic acids is 3. The number of benzene rings is 2. The molecule has 4 bridgehead atoms. The van der Waals surface area contributed by atoms with E-state index in [1.165, 1.54) is 33.3 Å². The molecule has 15 heteroatoms. The standard InChI is InChI=1S/C46H62N4O11/c1-22(2)21-50-18-16-46(17-19-50)48-34-31-32-39(54)28(8)42-33(31)43(56)45(10,61-42)59-20-15-30(58-11)25(5)38(53)27(7)41(60-29(9)51)26(6)37(52)23(3)13-12-14-24(4)44(57)47-36(40(32)55)35(34)49-46/h12-15,20,22-23,25-27,30,37-38,41,48,52-55H,16-19,21H2,1-11H3/b13-12+,20-15+,24-14+,47-36?/t23-,25+,26+,27-,30-,37-,38+,41+,45-/m0/s1. The zero-order valence-electron chi connectivity index (χ0n) is 37.1. The molecule has 0 saturated carbocycles. The number of methoxy groups -OCH3 is 1. The first-order valence-corrected chi connectivity index (χ1v) is 21.2. The number of likely N-dealkylation sites (tertiary alicyclic amines) is 1. The Kier molecular flexibility index (Phi) is 13.1. The number of ketones is 1. The molecule has 2 aromatic carbocycles. The van der Waals surface area contributed by atoms with Crippen LogP contribution in [0.2, 0.25) is 0 Å². The van der Waals surface area contributed by atoms with E-state index in [-0.39, 0.29) is 49.7 Å². The molecule has 1 fully saturated rings. The lowest BCUT2D eigenvalue weighted by Crippen LogP contribution is -2.47. The van der Waals surface area contributed by atoms with Gasteiger partial charge in [0.25, 0.3) is 11.7 Å². The normalized spacial score (nSPS) is 32.7. The maximum absolute atomic E-state index is 14.7. The van der Waals surface area contributed by atoms with Crippen molar-refractivity contribution in [3.63, 3.8) is 0 Å². The van der Waals surface area contributed by atoms with Gasteiger partial charge in [-0.1, -0.05) is 59.8 Å². The average molecular weight is 847 g/mol. The van der Waals surface area contributed by atoms with Crippen molar-refractivity contribution in [2.45, 2.75) is 118 Å². The van der Waals surface area contributed by atoms with Gasteiger partial charge < -0.3 is 49.6 Å². The van der Waals surface area contributed by atoms with E-state index in [9.17, 15) is 34.8 Å². The molecule has 1 spiro atoms.